The lowest BCUT2D eigenvalue weighted by atomic mass is 10.1. The van der Waals surface area contributed by atoms with E-state index in [-0.39, 0.29) is 48.9 Å². The van der Waals surface area contributed by atoms with Crippen LogP contribution in [0, 0.1) is 0 Å². The molecule has 0 saturated heterocycles. The van der Waals surface area contributed by atoms with Gasteiger partial charge in [0.15, 0.2) is 0 Å². The molecule has 0 aromatic heterocycles. The molecule has 0 radical (unpaired) electrons. The summed E-state index contributed by atoms with van der Waals surface area (Å²) in [6.07, 6.45) is 0. The van der Waals surface area contributed by atoms with E-state index >= 15 is 0 Å². The Morgan fingerprint density at radius 1 is 0.444 bits per heavy atom. The lowest BCUT2D eigenvalue weighted by molar-refractivity contribution is 0.0443. The molecule has 9 heteroatoms. The molecule has 3 aliphatic heterocycles. The first-order valence-electron chi connectivity index (χ1n) is 16.0. The Morgan fingerprint density at radius 3 is 1.15 bits per heavy atom. The monoisotopic (exact) mass is 732 g/mol. The van der Waals surface area contributed by atoms with Crippen LogP contribution in [0.3, 0.4) is 0 Å². The van der Waals surface area contributed by atoms with Crippen LogP contribution >= 0.6 is 0 Å². The van der Waals surface area contributed by atoms with E-state index in [9.17, 15) is 19.2 Å². The summed E-state index contributed by atoms with van der Waals surface area (Å²) in [7, 11) is 0. The average molecular weight is 733 g/mol. The van der Waals surface area contributed by atoms with Crippen LogP contribution in [-0.2, 0) is 44.0 Å². The molecule has 9 nitrogen and oxygen atoms in total. The summed E-state index contributed by atoms with van der Waals surface area (Å²) in [6, 6.07) is 38.3. The first kappa shape index (κ1) is 46.1. The second kappa shape index (κ2) is 21.0. The largest absolute Gasteiger partial charge is 0.386 e. The second-order valence-electron chi connectivity index (χ2n) is 11.9. The van der Waals surface area contributed by atoms with E-state index < -0.39 is 11.9 Å². The van der Waals surface area contributed by atoms with Gasteiger partial charge in [-0.2, -0.15) is 0 Å². The number of hydrogen-bond acceptors (Lipinski definition) is 7. The van der Waals surface area contributed by atoms with Gasteiger partial charge < -0.3 is 26.0 Å². The van der Waals surface area contributed by atoms with Crippen LogP contribution in [0.25, 0.3) is 0 Å². The van der Waals surface area contributed by atoms with E-state index in [2.05, 4.69) is 10.8 Å². The Labute approximate surface area is 321 Å². The molecule has 2 amide bonds. The Morgan fingerprint density at radius 2 is 0.778 bits per heavy atom. The van der Waals surface area contributed by atoms with Gasteiger partial charge in [-0.1, -0.05) is 134 Å². The molecule has 0 fully saturated rings. The highest BCUT2D eigenvalue weighted by Crippen LogP contribution is 2.26. The normalized spacial score (nSPS) is 12.6. The van der Waals surface area contributed by atoms with Crippen LogP contribution in [0.5, 0.6) is 0 Å². The maximum Gasteiger partial charge on any atom is 0.346 e. The number of esters is 2. The molecule has 0 spiro atoms. The Bertz CT molecular complexity index is 1910. The third-order valence-corrected chi connectivity index (χ3v) is 8.55. The summed E-state index contributed by atoms with van der Waals surface area (Å²) >= 11 is 0. The van der Waals surface area contributed by atoms with Crippen molar-refractivity contribution >= 4 is 23.8 Å². The highest BCUT2D eigenvalue weighted by atomic mass is 16.6. The zero-order valence-corrected chi connectivity index (χ0v) is 26.9. The van der Waals surface area contributed by atoms with E-state index in [1.54, 1.807) is 24.3 Å². The van der Waals surface area contributed by atoms with Crippen LogP contribution < -0.4 is 11.5 Å². The number of ether oxygens (including phenoxy) is 1. The first-order valence-corrected chi connectivity index (χ1v) is 16.0. The summed E-state index contributed by atoms with van der Waals surface area (Å²) in [4.78, 5) is 50.6. The zero-order chi connectivity index (χ0) is 34.3. The summed E-state index contributed by atoms with van der Waals surface area (Å²) in [6.45, 7) is 3.64. The minimum atomic E-state index is -0.550. The lowest BCUT2D eigenvalue weighted by Crippen LogP contribution is -2.24. The smallest absolute Gasteiger partial charge is 0.346 e. The SMILES string of the molecule is C.C.C.C.C.NCc1cccc(CN)c1.O=C1OC(=O)c2ccccc21.O=C1c2ccccc2CN1Cc1cccc(CN2Cc3ccccc3C2=O)c1. The molecule has 5 aromatic carbocycles. The Hall–Kier alpha value is -5.90. The van der Waals surface area contributed by atoms with Gasteiger partial charge in [-0.3, -0.25) is 9.59 Å². The molecule has 0 unspecified atom stereocenters. The third kappa shape index (κ3) is 10.4. The standard InChI is InChI=1S/C24H20N2O2.C8H12N2.C8H4O3.5CH4/c27-23-21-10-3-1-8-19(21)15-25(23)13-17-6-5-7-18(12-17)14-26-16-20-9-2-4-11-22(20)24(26)28;9-5-7-2-1-3-8(4-7)6-10;9-7-5-3-1-2-4-6(5)8(10)11-7;;;;;/h1-12H,13-16H2;1-4H,5-6,9-10H2;1-4H;5*1H4. The minimum Gasteiger partial charge on any atom is -0.386 e. The van der Waals surface area contributed by atoms with Crippen LogP contribution in [0.15, 0.2) is 121 Å². The highest BCUT2D eigenvalue weighted by molar-refractivity contribution is 6.14. The summed E-state index contributed by atoms with van der Waals surface area (Å²) in [5, 5.41) is 0. The van der Waals surface area contributed by atoms with Crippen molar-refractivity contribution < 1.29 is 23.9 Å². The zero-order valence-electron chi connectivity index (χ0n) is 26.9. The van der Waals surface area contributed by atoms with Crippen molar-refractivity contribution in [2.45, 2.75) is 76.4 Å². The number of fused-ring (bicyclic) bond motifs is 3. The third-order valence-electron chi connectivity index (χ3n) is 8.55. The van der Waals surface area contributed by atoms with Crippen LogP contribution in [0.2, 0.25) is 0 Å². The van der Waals surface area contributed by atoms with E-state index in [1.165, 1.54) is 0 Å². The van der Waals surface area contributed by atoms with Crippen LogP contribution in [0.4, 0.5) is 0 Å². The molecule has 0 atom stereocenters. The van der Waals surface area contributed by atoms with Gasteiger partial charge in [0.1, 0.15) is 0 Å². The quantitative estimate of drug-likeness (QED) is 0.132. The van der Waals surface area contributed by atoms with Gasteiger partial charge in [0.25, 0.3) is 11.8 Å². The Kier molecular flexibility index (Phi) is 17.9. The number of cyclic esters (lactones) is 2. The molecule has 0 saturated carbocycles. The summed E-state index contributed by atoms with van der Waals surface area (Å²) in [5.74, 6) is -0.923. The fraction of sp³-hybridized carbons (Fsp3) is 0.244. The van der Waals surface area contributed by atoms with Crippen molar-refractivity contribution in [2.75, 3.05) is 0 Å². The maximum absolute atomic E-state index is 12.6. The second-order valence-corrected chi connectivity index (χ2v) is 11.9. The molecule has 5 aromatic rings. The van der Waals surface area contributed by atoms with E-state index in [4.69, 9.17) is 11.5 Å². The number of amides is 2. The topological polar surface area (TPSA) is 136 Å². The van der Waals surface area contributed by atoms with Crippen molar-refractivity contribution in [3.05, 3.63) is 177 Å². The van der Waals surface area contributed by atoms with E-state index in [0.717, 1.165) is 44.5 Å². The maximum atomic E-state index is 12.6. The molecule has 54 heavy (non-hydrogen) atoms. The predicted molar refractivity (Wildman–Crippen MR) is 219 cm³/mol. The molecule has 0 aliphatic carbocycles. The van der Waals surface area contributed by atoms with Gasteiger partial charge in [0.2, 0.25) is 0 Å². The van der Waals surface area contributed by atoms with Crippen molar-refractivity contribution in [2.24, 2.45) is 11.5 Å². The molecule has 3 aliphatic rings. The molecule has 0 bridgehead atoms. The number of nitrogens with two attached hydrogens (primary N) is 2. The fourth-order valence-electron chi connectivity index (χ4n) is 6.07. The summed E-state index contributed by atoms with van der Waals surface area (Å²) < 4.78 is 4.35. The van der Waals surface area contributed by atoms with Gasteiger partial charge in [0, 0.05) is 50.4 Å². The van der Waals surface area contributed by atoms with Crippen molar-refractivity contribution in [3.8, 4) is 0 Å². The number of rotatable bonds is 6. The van der Waals surface area contributed by atoms with Crippen molar-refractivity contribution in [1.29, 1.82) is 0 Å². The minimum absolute atomic E-state index is 0. The van der Waals surface area contributed by atoms with Gasteiger partial charge in [-0.05, 0) is 57.6 Å². The molecular formula is C45H56N4O5. The number of carbonyl (C=O) groups excluding carboxylic acids is 4. The van der Waals surface area contributed by atoms with Crippen molar-refractivity contribution in [1.82, 2.24) is 9.80 Å². The van der Waals surface area contributed by atoms with Crippen LogP contribution in [-0.4, -0.2) is 33.6 Å². The average Bonchev–Trinajstić information content (AvgIpc) is 3.74. The highest BCUT2D eigenvalue weighted by Gasteiger charge is 2.29. The van der Waals surface area contributed by atoms with E-state index in [1.807, 2.05) is 101 Å². The molecule has 3 heterocycles. The van der Waals surface area contributed by atoms with Gasteiger partial charge in [0.05, 0.1) is 11.1 Å². The molecular weight excluding hydrogens is 677 g/mol. The van der Waals surface area contributed by atoms with E-state index in [0.29, 0.717) is 50.4 Å². The molecule has 8 rings (SSSR count). The fourth-order valence-corrected chi connectivity index (χ4v) is 6.07. The number of nitrogens with zero attached hydrogens (tertiary/aromatic N) is 2. The first-order chi connectivity index (χ1) is 23.8. The number of hydrogen-bond donors (Lipinski definition) is 2. The lowest BCUT2D eigenvalue weighted by Gasteiger charge is -2.18. The van der Waals surface area contributed by atoms with Gasteiger partial charge in [-0.25, -0.2) is 9.59 Å². The van der Waals surface area contributed by atoms with Crippen LogP contribution in [0.1, 0.15) is 112 Å². The summed E-state index contributed by atoms with van der Waals surface area (Å²) in [5.41, 5.74) is 19.8. The predicted octanol–water partition coefficient (Wildman–Crippen LogP) is 8.78. The number of benzene rings is 5. The van der Waals surface area contributed by atoms with Crippen molar-refractivity contribution in [3.63, 3.8) is 0 Å². The van der Waals surface area contributed by atoms with Gasteiger partial charge >= 0.3 is 11.9 Å². The Balaban J connectivity index is 0.000000469. The molecule has 4 N–H and O–H groups in total. The van der Waals surface area contributed by atoms with Gasteiger partial charge in [-0.15, -0.1) is 0 Å². The number of carbonyl (C=O) groups is 4. The molecule has 286 valence electrons.